The second-order valence-corrected chi connectivity index (χ2v) is 9.69. The van der Waals surface area contributed by atoms with Gasteiger partial charge in [-0.2, -0.15) is 0 Å². The molecule has 0 aromatic heterocycles. The fraction of sp³-hybridized carbons (Fsp3) is 0.423. The van der Waals surface area contributed by atoms with Gasteiger partial charge in [0.05, 0.1) is 0 Å². The van der Waals surface area contributed by atoms with E-state index in [9.17, 15) is 14.4 Å². The molecule has 1 N–H and O–H groups in total. The van der Waals surface area contributed by atoms with Gasteiger partial charge in [-0.3, -0.25) is 9.59 Å². The van der Waals surface area contributed by atoms with E-state index in [2.05, 4.69) is 5.32 Å². The fourth-order valence-corrected chi connectivity index (χ4v) is 4.06. The van der Waals surface area contributed by atoms with E-state index in [0.717, 1.165) is 5.56 Å². The number of nitrogens with zero attached hydrogens (tertiary/aromatic N) is 2. The van der Waals surface area contributed by atoms with Gasteiger partial charge in [-0.05, 0) is 29.2 Å². The number of rotatable bonds is 5. The normalized spacial score (nSPS) is 16.0. The number of ether oxygens (including phenoxy) is 3. The van der Waals surface area contributed by atoms with Crippen LogP contribution in [0, 0.1) is 5.41 Å². The third kappa shape index (κ3) is 5.85. The number of hydrogen-bond donors (Lipinski definition) is 1. The standard InChI is InChI=1S/C26H31N3O6/c1-26(2,3)22(27-25(32)33-16-18-7-5-4-6-8-18)24(31)29-13-11-28(12-14-29)23(30)19-9-10-20-21(15-19)35-17-34-20/h4-10,15,22H,11-14,16-17H2,1-3H3,(H,27,32). The van der Waals surface area contributed by atoms with Crippen LogP contribution in [0.15, 0.2) is 48.5 Å². The van der Waals surface area contributed by atoms with E-state index in [-0.39, 0.29) is 25.2 Å². The molecule has 0 bridgehead atoms. The lowest BCUT2D eigenvalue weighted by atomic mass is 9.85. The molecule has 9 nitrogen and oxygen atoms in total. The SMILES string of the molecule is CC(C)(C)C(NC(=O)OCc1ccccc1)C(=O)N1CCN(C(=O)c2ccc3c(c2)OCO3)CC1. The minimum Gasteiger partial charge on any atom is -0.454 e. The average Bonchev–Trinajstić information content (AvgIpc) is 3.33. The van der Waals surface area contributed by atoms with E-state index in [1.807, 2.05) is 51.1 Å². The average molecular weight is 482 g/mol. The highest BCUT2D eigenvalue weighted by molar-refractivity contribution is 5.95. The van der Waals surface area contributed by atoms with Crippen molar-refractivity contribution in [3.05, 3.63) is 59.7 Å². The van der Waals surface area contributed by atoms with E-state index in [0.29, 0.717) is 43.2 Å². The van der Waals surface area contributed by atoms with Crippen molar-refractivity contribution in [2.45, 2.75) is 33.4 Å². The highest BCUT2D eigenvalue weighted by Crippen LogP contribution is 2.33. The number of carbonyl (C=O) groups is 3. The Kier molecular flexibility index (Phi) is 7.14. The number of amides is 3. The van der Waals surface area contributed by atoms with Crippen molar-refractivity contribution < 1.29 is 28.6 Å². The molecule has 0 aliphatic carbocycles. The summed E-state index contributed by atoms with van der Waals surface area (Å²) in [5.41, 5.74) is 0.858. The van der Waals surface area contributed by atoms with Gasteiger partial charge in [0.25, 0.3) is 5.91 Å². The number of nitrogens with one attached hydrogen (secondary N) is 1. The molecule has 2 aromatic carbocycles. The van der Waals surface area contributed by atoms with Crippen LogP contribution < -0.4 is 14.8 Å². The van der Waals surface area contributed by atoms with Crippen molar-refractivity contribution in [1.82, 2.24) is 15.1 Å². The summed E-state index contributed by atoms with van der Waals surface area (Å²) in [4.78, 5) is 42.2. The Labute approximate surface area is 204 Å². The maximum absolute atomic E-state index is 13.4. The Morgan fingerprint density at radius 2 is 1.60 bits per heavy atom. The molecule has 2 heterocycles. The Morgan fingerprint density at radius 1 is 0.943 bits per heavy atom. The summed E-state index contributed by atoms with van der Waals surface area (Å²) in [7, 11) is 0. The van der Waals surface area contributed by atoms with Crippen LogP contribution in [0.25, 0.3) is 0 Å². The molecule has 2 aliphatic rings. The third-order valence-corrected chi connectivity index (χ3v) is 6.09. The minimum atomic E-state index is -0.762. The predicted octanol–water partition coefficient (Wildman–Crippen LogP) is 3.04. The topological polar surface area (TPSA) is 97.4 Å². The second kappa shape index (κ2) is 10.2. The van der Waals surface area contributed by atoms with Gasteiger partial charge in [0.15, 0.2) is 11.5 Å². The number of hydrogen-bond acceptors (Lipinski definition) is 6. The summed E-state index contributed by atoms with van der Waals surface area (Å²) in [6.45, 7) is 7.51. The first-order chi connectivity index (χ1) is 16.7. The number of fused-ring (bicyclic) bond motifs is 1. The van der Waals surface area contributed by atoms with Gasteiger partial charge in [-0.25, -0.2) is 4.79 Å². The first-order valence-electron chi connectivity index (χ1n) is 11.7. The zero-order chi connectivity index (χ0) is 25.0. The molecule has 35 heavy (non-hydrogen) atoms. The van der Waals surface area contributed by atoms with Crippen LogP contribution in [0.2, 0.25) is 0 Å². The van der Waals surface area contributed by atoms with Crippen LogP contribution in [0.1, 0.15) is 36.7 Å². The fourth-order valence-electron chi connectivity index (χ4n) is 4.06. The highest BCUT2D eigenvalue weighted by atomic mass is 16.7. The molecule has 0 radical (unpaired) electrons. The maximum Gasteiger partial charge on any atom is 0.408 e. The van der Waals surface area contributed by atoms with Gasteiger partial charge in [0, 0.05) is 31.7 Å². The van der Waals surface area contributed by atoms with Crippen LogP contribution in [0.5, 0.6) is 11.5 Å². The minimum absolute atomic E-state index is 0.120. The number of carbonyl (C=O) groups excluding carboxylic acids is 3. The van der Waals surface area contributed by atoms with E-state index in [1.54, 1.807) is 28.0 Å². The molecular weight excluding hydrogens is 450 g/mol. The van der Waals surface area contributed by atoms with Gasteiger partial charge in [0.2, 0.25) is 12.7 Å². The van der Waals surface area contributed by atoms with Crippen molar-refractivity contribution in [3.63, 3.8) is 0 Å². The molecule has 186 valence electrons. The van der Waals surface area contributed by atoms with Gasteiger partial charge < -0.3 is 29.3 Å². The summed E-state index contributed by atoms with van der Waals surface area (Å²) in [6.07, 6.45) is -0.640. The van der Waals surface area contributed by atoms with Crippen molar-refractivity contribution in [1.29, 1.82) is 0 Å². The molecule has 4 rings (SSSR count). The van der Waals surface area contributed by atoms with Gasteiger partial charge in [-0.15, -0.1) is 0 Å². The Bertz CT molecular complexity index is 1070. The van der Waals surface area contributed by atoms with Crippen molar-refractivity contribution in [2.75, 3.05) is 33.0 Å². The lowest BCUT2D eigenvalue weighted by Gasteiger charge is -2.39. The molecule has 2 aliphatic heterocycles. The van der Waals surface area contributed by atoms with Gasteiger partial charge in [-0.1, -0.05) is 51.1 Å². The highest BCUT2D eigenvalue weighted by Gasteiger charge is 2.37. The molecule has 3 amide bonds. The van der Waals surface area contributed by atoms with E-state index >= 15 is 0 Å². The first kappa shape index (κ1) is 24.4. The Hall–Kier alpha value is -3.75. The third-order valence-electron chi connectivity index (χ3n) is 6.09. The molecule has 1 fully saturated rings. The summed E-state index contributed by atoms with van der Waals surface area (Å²) in [6, 6.07) is 13.7. The summed E-state index contributed by atoms with van der Waals surface area (Å²) < 4.78 is 16.0. The summed E-state index contributed by atoms with van der Waals surface area (Å²) in [5, 5.41) is 2.75. The largest absolute Gasteiger partial charge is 0.454 e. The molecule has 2 aromatic rings. The zero-order valence-corrected chi connectivity index (χ0v) is 20.3. The monoisotopic (exact) mass is 481 g/mol. The van der Waals surface area contributed by atoms with E-state index < -0.39 is 17.6 Å². The van der Waals surface area contributed by atoms with Crippen molar-refractivity contribution in [2.24, 2.45) is 5.41 Å². The molecule has 0 spiro atoms. The van der Waals surface area contributed by atoms with E-state index in [1.165, 1.54) is 0 Å². The molecule has 1 saturated heterocycles. The zero-order valence-electron chi connectivity index (χ0n) is 20.3. The number of alkyl carbamates (subject to hydrolysis) is 1. The van der Waals surface area contributed by atoms with Gasteiger partial charge >= 0.3 is 6.09 Å². The molecular formula is C26H31N3O6. The van der Waals surface area contributed by atoms with Crippen LogP contribution in [0.3, 0.4) is 0 Å². The second-order valence-electron chi connectivity index (χ2n) is 9.69. The van der Waals surface area contributed by atoms with Crippen LogP contribution in [-0.4, -0.2) is 66.7 Å². The number of piperazine rings is 1. The predicted molar refractivity (Wildman–Crippen MR) is 128 cm³/mol. The Morgan fingerprint density at radius 3 is 2.29 bits per heavy atom. The van der Waals surface area contributed by atoms with E-state index in [4.69, 9.17) is 14.2 Å². The maximum atomic E-state index is 13.4. The van der Waals surface area contributed by atoms with Crippen molar-refractivity contribution >= 4 is 17.9 Å². The summed E-state index contributed by atoms with van der Waals surface area (Å²) >= 11 is 0. The first-order valence-corrected chi connectivity index (χ1v) is 11.7. The lowest BCUT2D eigenvalue weighted by Crippen LogP contribution is -2.59. The molecule has 9 heteroatoms. The Balaban J connectivity index is 1.33. The molecule has 1 atom stereocenters. The van der Waals surface area contributed by atoms with Gasteiger partial charge in [0.1, 0.15) is 12.6 Å². The quantitative estimate of drug-likeness (QED) is 0.705. The molecule has 1 unspecified atom stereocenters. The van der Waals surface area contributed by atoms with Crippen LogP contribution in [-0.2, 0) is 16.1 Å². The lowest BCUT2D eigenvalue weighted by molar-refractivity contribution is -0.137. The van der Waals surface area contributed by atoms with Crippen LogP contribution >= 0.6 is 0 Å². The number of benzene rings is 2. The summed E-state index contributed by atoms with van der Waals surface area (Å²) in [5.74, 6) is 0.873. The smallest absolute Gasteiger partial charge is 0.408 e. The molecule has 0 saturated carbocycles. The van der Waals surface area contributed by atoms with Crippen molar-refractivity contribution in [3.8, 4) is 11.5 Å². The van der Waals surface area contributed by atoms with Crippen LogP contribution in [0.4, 0.5) is 4.79 Å².